The van der Waals surface area contributed by atoms with Crippen LogP contribution in [0.4, 0.5) is 5.69 Å². The fourth-order valence-corrected chi connectivity index (χ4v) is 5.39. The minimum absolute atomic E-state index is 0.0783. The van der Waals surface area contributed by atoms with Crippen molar-refractivity contribution in [1.29, 1.82) is 0 Å². The standard InChI is InChI=1S/C28H38N2O3/c1-22-7-5-18-30(21-22)19-6-20-33-26-14-10-24(11-15-26)29-27(31)28(16-3-4-17-28)23-8-12-25(32-2)13-9-23/h8-15,22H,3-7,16-21H2,1-2H3,(H,29,31)/t22-/m0/s1. The average Bonchev–Trinajstić information content (AvgIpc) is 3.34. The van der Waals surface area contributed by atoms with Gasteiger partial charge >= 0.3 is 0 Å². The predicted octanol–water partition coefficient (Wildman–Crippen LogP) is 5.65. The van der Waals surface area contributed by atoms with E-state index in [-0.39, 0.29) is 5.91 Å². The number of methoxy groups -OCH3 is 1. The maximum absolute atomic E-state index is 13.4. The summed E-state index contributed by atoms with van der Waals surface area (Å²) in [6.07, 6.45) is 7.61. The Morgan fingerprint density at radius 2 is 1.73 bits per heavy atom. The fourth-order valence-electron chi connectivity index (χ4n) is 5.39. The molecule has 1 heterocycles. The van der Waals surface area contributed by atoms with Crippen LogP contribution >= 0.6 is 0 Å². The number of anilines is 1. The summed E-state index contributed by atoms with van der Waals surface area (Å²) in [6, 6.07) is 15.7. The minimum Gasteiger partial charge on any atom is -0.497 e. The van der Waals surface area contributed by atoms with Gasteiger partial charge in [-0.1, -0.05) is 31.9 Å². The summed E-state index contributed by atoms with van der Waals surface area (Å²) in [4.78, 5) is 15.9. The number of amides is 1. The molecule has 0 spiro atoms. The Morgan fingerprint density at radius 3 is 2.39 bits per heavy atom. The molecule has 4 rings (SSSR count). The van der Waals surface area contributed by atoms with Crippen LogP contribution in [0, 0.1) is 5.92 Å². The van der Waals surface area contributed by atoms with Crippen molar-refractivity contribution in [2.45, 2.75) is 57.3 Å². The molecule has 5 nitrogen and oxygen atoms in total. The Kier molecular flexibility index (Phi) is 7.92. The lowest BCUT2D eigenvalue weighted by molar-refractivity contribution is -0.121. The number of hydrogen-bond acceptors (Lipinski definition) is 4. The molecule has 2 aliphatic rings. The van der Waals surface area contributed by atoms with Crippen molar-refractivity contribution < 1.29 is 14.3 Å². The van der Waals surface area contributed by atoms with Gasteiger partial charge in [-0.05, 0) is 86.5 Å². The van der Waals surface area contributed by atoms with E-state index in [9.17, 15) is 4.79 Å². The first-order chi connectivity index (χ1) is 16.1. The summed E-state index contributed by atoms with van der Waals surface area (Å²) in [6.45, 7) is 6.60. The first-order valence-corrected chi connectivity index (χ1v) is 12.5. The van der Waals surface area contributed by atoms with Gasteiger partial charge in [-0.3, -0.25) is 4.79 Å². The molecule has 5 heteroatoms. The summed E-state index contributed by atoms with van der Waals surface area (Å²) < 4.78 is 11.2. The normalized spacial score (nSPS) is 20.4. The van der Waals surface area contributed by atoms with Gasteiger partial charge in [0, 0.05) is 18.8 Å². The van der Waals surface area contributed by atoms with Crippen LogP contribution in [0.15, 0.2) is 48.5 Å². The van der Waals surface area contributed by atoms with Crippen molar-refractivity contribution in [3.63, 3.8) is 0 Å². The molecular formula is C28H38N2O3. The van der Waals surface area contributed by atoms with Crippen molar-refractivity contribution in [3.05, 3.63) is 54.1 Å². The second kappa shape index (κ2) is 11.1. The van der Waals surface area contributed by atoms with Crippen LogP contribution in [-0.2, 0) is 10.2 Å². The number of benzene rings is 2. The monoisotopic (exact) mass is 450 g/mol. The number of carbonyl (C=O) groups is 1. The topological polar surface area (TPSA) is 50.8 Å². The molecule has 0 bridgehead atoms. The van der Waals surface area contributed by atoms with Gasteiger partial charge in [-0.15, -0.1) is 0 Å². The number of likely N-dealkylation sites (tertiary alicyclic amines) is 1. The molecule has 33 heavy (non-hydrogen) atoms. The molecule has 1 aliphatic heterocycles. The highest BCUT2D eigenvalue weighted by Crippen LogP contribution is 2.42. The second-order valence-corrected chi connectivity index (χ2v) is 9.75. The van der Waals surface area contributed by atoms with Gasteiger partial charge in [-0.2, -0.15) is 0 Å². The summed E-state index contributed by atoms with van der Waals surface area (Å²) in [5.74, 6) is 2.56. The number of nitrogens with zero attached hydrogens (tertiary/aromatic N) is 1. The van der Waals surface area contributed by atoms with Crippen LogP contribution in [0.3, 0.4) is 0 Å². The largest absolute Gasteiger partial charge is 0.497 e. The van der Waals surface area contributed by atoms with Crippen molar-refractivity contribution in [2.75, 3.05) is 38.7 Å². The summed E-state index contributed by atoms with van der Waals surface area (Å²) in [7, 11) is 1.66. The van der Waals surface area contributed by atoms with Gasteiger partial charge in [0.2, 0.25) is 5.91 Å². The van der Waals surface area contributed by atoms with E-state index in [1.54, 1.807) is 7.11 Å². The highest BCUT2D eigenvalue weighted by molar-refractivity contribution is 5.99. The van der Waals surface area contributed by atoms with Crippen LogP contribution in [0.2, 0.25) is 0 Å². The summed E-state index contributed by atoms with van der Waals surface area (Å²) >= 11 is 0. The highest BCUT2D eigenvalue weighted by Gasteiger charge is 2.42. The Balaban J connectivity index is 1.29. The van der Waals surface area contributed by atoms with Crippen LogP contribution in [0.5, 0.6) is 11.5 Å². The van der Waals surface area contributed by atoms with Crippen LogP contribution in [-0.4, -0.2) is 44.2 Å². The van der Waals surface area contributed by atoms with Gasteiger partial charge in [-0.25, -0.2) is 0 Å². The smallest absolute Gasteiger partial charge is 0.235 e. The molecule has 1 aliphatic carbocycles. The average molecular weight is 451 g/mol. The van der Waals surface area contributed by atoms with E-state index < -0.39 is 5.41 Å². The lowest BCUT2D eigenvalue weighted by Crippen LogP contribution is -2.37. The molecule has 178 valence electrons. The van der Waals surface area contributed by atoms with Crippen LogP contribution in [0.25, 0.3) is 0 Å². The van der Waals surface area contributed by atoms with Gasteiger partial charge in [0.1, 0.15) is 11.5 Å². The molecule has 0 radical (unpaired) electrons. The molecular weight excluding hydrogens is 412 g/mol. The van der Waals surface area contributed by atoms with Crippen molar-refractivity contribution in [1.82, 2.24) is 4.90 Å². The maximum atomic E-state index is 13.4. The Labute approximate surface area is 198 Å². The molecule has 1 N–H and O–H groups in total. The third-order valence-corrected chi connectivity index (χ3v) is 7.28. The van der Waals surface area contributed by atoms with Gasteiger partial charge in [0.15, 0.2) is 0 Å². The Bertz CT molecular complexity index is 888. The van der Waals surface area contributed by atoms with E-state index >= 15 is 0 Å². The van der Waals surface area contributed by atoms with Gasteiger partial charge in [0.25, 0.3) is 0 Å². The number of ether oxygens (including phenoxy) is 2. The third-order valence-electron chi connectivity index (χ3n) is 7.28. The predicted molar refractivity (Wildman–Crippen MR) is 133 cm³/mol. The number of carbonyl (C=O) groups excluding carboxylic acids is 1. The minimum atomic E-state index is -0.465. The Morgan fingerprint density at radius 1 is 1.03 bits per heavy atom. The zero-order chi connectivity index (χ0) is 23.1. The van der Waals surface area contributed by atoms with Crippen molar-refractivity contribution in [2.24, 2.45) is 5.92 Å². The summed E-state index contributed by atoms with van der Waals surface area (Å²) in [5, 5.41) is 3.16. The first-order valence-electron chi connectivity index (χ1n) is 12.5. The second-order valence-electron chi connectivity index (χ2n) is 9.75. The van der Waals surface area contributed by atoms with E-state index in [1.807, 2.05) is 48.5 Å². The van der Waals surface area contributed by atoms with Crippen LogP contribution < -0.4 is 14.8 Å². The molecule has 1 saturated carbocycles. The lowest BCUT2D eigenvalue weighted by atomic mass is 9.78. The van der Waals surface area contributed by atoms with E-state index in [2.05, 4.69) is 17.1 Å². The number of piperidine rings is 1. The molecule has 1 atom stereocenters. The first kappa shape index (κ1) is 23.6. The Hall–Kier alpha value is -2.53. The van der Waals surface area contributed by atoms with E-state index in [4.69, 9.17) is 9.47 Å². The van der Waals surface area contributed by atoms with Crippen molar-refractivity contribution >= 4 is 11.6 Å². The fraction of sp³-hybridized carbons (Fsp3) is 0.536. The number of rotatable bonds is 9. The highest BCUT2D eigenvalue weighted by atomic mass is 16.5. The molecule has 0 unspecified atom stereocenters. The van der Waals surface area contributed by atoms with E-state index in [0.29, 0.717) is 0 Å². The maximum Gasteiger partial charge on any atom is 0.235 e. The zero-order valence-corrected chi connectivity index (χ0v) is 20.1. The van der Waals surface area contributed by atoms with Crippen molar-refractivity contribution in [3.8, 4) is 11.5 Å². The molecule has 1 saturated heterocycles. The zero-order valence-electron chi connectivity index (χ0n) is 20.1. The van der Waals surface area contributed by atoms with Crippen LogP contribution in [0.1, 0.15) is 57.4 Å². The summed E-state index contributed by atoms with van der Waals surface area (Å²) in [5.41, 5.74) is 1.42. The SMILES string of the molecule is COc1ccc(C2(C(=O)Nc3ccc(OCCCN4CCC[C@H](C)C4)cc3)CCCC2)cc1. The molecule has 0 aromatic heterocycles. The van der Waals surface area contributed by atoms with E-state index in [0.717, 1.165) is 73.9 Å². The van der Waals surface area contributed by atoms with Gasteiger partial charge in [0.05, 0.1) is 19.1 Å². The van der Waals surface area contributed by atoms with Gasteiger partial charge < -0.3 is 19.7 Å². The third kappa shape index (κ3) is 5.89. The van der Waals surface area contributed by atoms with E-state index in [1.165, 1.54) is 25.9 Å². The molecule has 2 aromatic carbocycles. The number of nitrogens with one attached hydrogen (secondary N) is 1. The molecule has 1 amide bonds. The quantitative estimate of drug-likeness (QED) is 0.502. The lowest BCUT2D eigenvalue weighted by Gasteiger charge is -2.30. The molecule has 2 aromatic rings. The molecule has 2 fully saturated rings. The number of hydrogen-bond donors (Lipinski definition) is 1.